The van der Waals surface area contributed by atoms with E-state index in [1.807, 2.05) is 6.92 Å². The lowest BCUT2D eigenvalue weighted by Gasteiger charge is -2.09. The van der Waals surface area contributed by atoms with Gasteiger partial charge in [-0.15, -0.1) is 0 Å². The van der Waals surface area contributed by atoms with Crippen molar-refractivity contribution in [3.05, 3.63) is 18.0 Å². The fraction of sp³-hybridized carbons (Fsp3) is 0.727. The van der Waals surface area contributed by atoms with Crippen LogP contribution in [0.5, 0.6) is 0 Å². The molecule has 3 nitrogen and oxygen atoms in total. The molecule has 1 aromatic rings. The highest BCUT2D eigenvalue weighted by atomic mass is 15.3. The summed E-state index contributed by atoms with van der Waals surface area (Å²) in [7, 11) is 0. The minimum atomic E-state index is 0.210. The topological polar surface area (TPSA) is 43.8 Å². The van der Waals surface area contributed by atoms with E-state index in [1.54, 1.807) is 0 Å². The molecule has 0 aromatic carbocycles. The van der Waals surface area contributed by atoms with E-state index in [0.717, 1.165) is 12.1 Å². The van der Waals surface area contributed by atoms with Gasteiger partial charge in [-0.1, -0.05) is 12.8 Å². The smallest absolute Gasteiger partial charge is 0.0640 e. The Labute approximate surface area is 85.3 Å². The Balaban J connectivity index is 2.01. The van der Waals surface area contributed by atoms with Crippen molar-refractivity contribution in [1.29, 1.82) is 0 Å². The molecule has 1 fully saturated rings. The lowest BCUT2D eigenvalue weighted by atomic mass is 10.2. The van der Waals surface area contributed by atoms with E-state index < -0.39 is 0 Å². The number of rotatable bonds is 3. The second kappa shape index (κ2) is 4.13. The maximum absolute atomic E-state index is 5.74. The van der Waals surface area contributed by atoms with Gasteiger partial charge >= 0.3 is 0 Å². The van der Waals surface area contributed by atoms with Crippen LogP contribution in [0.2, 0.25) is 0 Å². The molecule has 0 saturated heterocycles. The van der Waals surface area contributed by atoms with Gasteiger partial charge in [-0.05, 0) is 25.8 Å². The molecule has 1 aliphatic rings. The molecule has 2 N–H and O–H groups in total. The van der Waals surface area contributed by atoms with Crippen molar-refractivity contribution in [2.24, 2.45) is 5.73 Å². The monoisotopic (exact) mass is 193 g/mol. The molecule has 14 heavy (non-hydrogen) atoms. The van der Waals surface area contributed by atoms with Gasteiger partial charge in [0, 0.05) is 18.7 Å². The van der Waals surface area contributed by atoms with Crippen LogP contribution in [0.3, 0.4) is 0 Å². The van der Waals surface area contributed by atoms with Gasteiger partial charge in [-0.25, -0.2) is 0 Å². The van der Waals surface area contributed by atoms with Gasteiger partial charge in [0.25, 0.3) is 0 Å². The third kappa shape index (κ3) is 2.15. The van der Waals surface area contributed by atoms with Crippen LogP contribution in [0.4, 0.5) is 0 Å². The molecule has 0 bridgehead atoms. The molecular weight excluding hydrogens is 174 g/mol. The van der Waals surface area contributed by atoms with Crippen molar-refractivity contribution < 1.29 is 0 Å². The highest BCUT2D eigenvalue weighted by molar-refractivity contribution is 5.01. The summed E-state index contributed by atoms with van der Waals surface area (Å²) in [5.41, 5.74) is 6.87. The van der Waals surface area contributed by atoms with Crippen LogP contribution in [0.15, 0.2) is 12.3 Å². The lowest BCUT2D eigenvalue weighted by molar-refractivity contribution is 0.461. The first kappa shape index (κ1) is 9.71. The Morgan fingerprint density at radius 3 is 2.93 bits per heavy atom. The summed E-state index contributed by atoms with van der Waals surface area (Å²) in [5.74, 6) is 0. The van der Waals surface area contributed by atoms with Crippen LogP contribution in [0.25, 0.3) is 0 Å². The molecule has 0 amide bonds. The zero-order valence-corrected chi connectivity index (χ0v) is 8.82. The molecule has 2 rings (SSSR count). The second-order valence-corrected chi connectivity index (χ2v) is 4.41. The molecule has 0 aliphatic heterocycles. The standard InChI is InChI=1S/C11H19N3/c1-9(12)8-10-6-7-14(13-10)11-4-2-3-5-11/h6-7,9,11H,2-5,8,12H2,1H3. The minimum Gasteiger partial charge on any atom is -0.328 e. The first-order valence-corrected chi connectivity index (χ1v) is 5.55. The maximum atomic E-state index is 5.74. The van der Waals surface area contributed by atoms with Crippen molar-refractivity contribution in [3.63, 3.8) is 0 Å². The van der Waals surface area contributed by atoms with E-state index in [2.05, 4.69) is 22.0 Å². The van der Waals surface area contributed by atoms with Crippen LogP contribution >= 0.6 is 0 Å². The Hall–Kier alpha value is -0.830. The summed E-state index contributed by atoms with van der Waals surface area (Å²) in [6.45, 7) is 2.02. The van der Waals surface area contributed by atoms with Gasteiger partial charge in [0.2, 0.25) is 0 Å². The molecule has 1 aromatic heterocycles. The predicted octanol–water partition coefficient (Wildman–Crippen LogP) is 1.89. The van der Waals surface area contributed by atoms with E-state index in [0.29, 0.717) is 6.04 Å². The van der Waals surface area contributed by atoms with Crippen molar-refractivity contribution in [2.75, 3.05) is 0 Å². The summed E-state index contributed by atoms with van der Waals surface area (Å²) in [6, 6.07) is 2.96. The summed E-state index contributed by atoms with van der Waals surface area (Å²) in [5, 5.41) is 4.57. The van der Waals surface area contributed by atoms with Crippen LogP contribution in [0, 0.1) is 0 Å². The predicted molar refractivity (Wildman–Crippen MR) is 57.1 cm³/mol. The van der Waals surface area contributed by atoms with E-state index in [1.165, 1.54) is 25.7 Å². The summed E-state index contributed by atoms with van der Waals surface area (Å²) < 4.78 is 2.13. The number of nitrogens with two attached hydrogens (primary N) is 1. The van der Waals surface area contributed by atoms with Crippen LogP contribution < -0.4 is 5.73 Å². The van der Waals surface area contributed by atoms with E-state index >= 15 is 0 Å². The van der Waals surface area contributed by atoms with Crippen molar-refractivity contribution in [1.82, 2.24) is 9.78 Å². The first-order valence-electron chi connectivity index (χ1n) is 5.55. The van der Waals surface area contributed by atoms with Crippen molar-refractivity contribution in [2.45, 2.75) is 51.1 Å². The highest BCUT2D eigenvalue weighted by Crippen LogP contribution is 2.28. The summed E-state index contributed by atoms with van der Waals surface area (Å²) in [6.07, 6.45) is 8.28. The summed E-state index contributed by atoms with van der Waals surface area (Å²) in [4.78, 5) is 0. The Morgan fingerprint density at radius 2 is 2.29 bits per heavy atom. The Morgan fingerprint density at radius 1 is 1.57 bits per heavy atom. The lowest BCUT2D eigenvalue weighted by Crippen LogP contribution is -2.18. The van der Waals surface area contributed by atoms with Crippen molar-refractivity contribution >= 4 is 0 Å². The molecule has 0 spiro atoms. The molecule has 1 saturated carbocycles. The third-order valence-corrected chi connectivity index (χ3v) is 2.89. The van der Waals surface area contributed by atoms with Crippen LogP contribution in [-0.2, 0) is 6.42 Å². The summed E-state index contributed by atoms with van der Waals surface area (Å²) >= 11 is 0. The molecule has 0 radical (unpaired) electrons. The van der Waals surface area contributed by atoms with Gasteiger partial charge in [0.05, 0.1) is 11.7 Å². The number of nitrogens with zero attached hydrogens (tertiary/aromatic N) is 2. The fourth-order valence-corrected chi connectivity index (χ4v) is 2.19. The average Bonchev–Trinajstić information content (AvgIpc) is 2.69. The molecule has 1 atom stereocenters. The average molecular weight is 193 g/mol. The van der Waals surface area contributed by atoms with E-state index in [-0.39, 0.29) is 6.04 Å². The maximum Gasteiger partial charge on any atom is 0.0640 e. The largest absolute Gasteiger partial charge is 0.328 e. The van der Waals surface area contributed by atoms with Gasteiger partial charge in [0.15, 0.2) is 0 Å². The number of aromatic nitrogens is 2. The molecule has 1 heterocycles. The molecular formula is C11H19N3. The van der Waals surface area contributed by atoms with Gasteiger partial charge in [-0.3, -0.25) is 4.68 Å². The van der Waals surface area contributed by atoms with E-state index in [4.69, 9.17) is 5.73 Å². The normalized spacial score (nSPS) is 20.1. The highest BCUT2D eigenvalue weighted by Gasteiger charge is 2.17. The zero-order valence-electron chi connectivity index (χ0n) is 8.82. The van der Waals surface area contributed by atoms with Gasteiger partial charge in [0.1, 0.15) is 0 Å². The van der Waals surface area contributed by atoms with E-state index in [9.17, 15) is 0 Å². The molecule has 1 aliphatic carbocycles. The SMILES string of the molecule is CC(N)Cc1ccn(C2CCCC2)n1. The Kier molecular flexibility index (Phi) is 2.87. The molecule has 1 unspecified atom stereocenters. The fourth-order valence-electron chi connectivity index (χ4n) is 2.19. The van der Waals surface area contributed by atoms with Gasteiger partial charge < -0.3 is 5.73 Å². The first-order chi connectivity index (χ1) is 6.75. The van der Waals surface area contributed by atoms with Crippen LogP contribution in [0.1, 0.15) is 44.3 Å². The second-order valence-electron chi connectivity index (χ2n) is 4.41. The number of hydrogen-bond acceptors (Lipinski definition) is 2. The molecule has 78 valence electrons. The Bertz CT molecular complexity index is 284. The number of hydrogen-bond donors (Lipinski definition) is 1. The van der Waals surface area contributed by atoms with Crippen molar-refractivity contribution in [3.8, 4) is 0 Å². The third-order valence-electron chi connectivity index (χ3n) is 2.89. The quantitative estimate of drug-likeness (QED) is 0.796. The van der Waals surface area contributed by atoms with Gasteiger partial charge in [-0.2, -0.15) is 5.10 Å². The minimum absolute atomic E-state index is 0.210. The zero-order chi connectivity index (χ0) is 9.97. The van der Waals surface area contributed by atoms with Crippen LogP contribution in [-0.4, -0.2) is 15.8 Å². The molecule has 3 heteroatoms.